The van der Waals surface area contributed by atoms with E-state index in [0.29, 0.717) is 33.1 Å². The predicted molar refractivity (Wildman–Crippen MR) is 146 cm³/mol. The van der Waals surface area contributed by atoms with Crippen molar-refractivity contribution in [2.75, 3.05) is 38.1 Å². The standard InChI is InChI=1S/C28H25ClN4O5/c1-32(2)17-8-5-15(6-9-17)24-23(25(34)16-7-11-19(29)22(13-16)38-4)26(35)27(36)33(24)28-30-20-12-10-18(37-3)14-21(20)31-28/h5-14,24,34H,1-4H3,(H,30,31)/b25-23+. The number of Topliss-reactive ketones (excluding diaryl/α,β-unsaturated/α-hetero) is 1. The van der Waals surface area contributed by atoms with Crippen LogP contribution >= 0.6 is 11.6 Å². The van der Waals surface area contributed by atoms with Gasteiger partial charge in [-0.05, 0) is 48.0 Å². The number of nitrogens with one attached hydrogen (secondary N) is 1. The number of aliphatic hydroxyl groups is 1. The second kappa shape index (κ2) is 9.75. The Morgan fingerprint density at radius 3 is 2.42 bits per heavy atom. The van der Waals surface area contributed by atoms with E-state index in [1.54, 1.807) is 37.4 Å². The number of halogens is 1. The molecule has 9 nitrogen and oxygen atoms in total. The second-order valence-corrected chi connectivity index (χ2v) is 9.36. The fourth-order valence-corrected chi connectivity index (χ4v) is 4.69. The van der Waals surface area contributed by atoms with E-state index in [2.05, 4.69) is 9.97 Å². The number of anilines is 2. The van der Waals surface area contributed by atoms with Crippen molar-refractivity contribution in [1.82, 2.24) is 9.97 Å². The van der Waals surface area contributed by atoms with Crippen molar-refractivity contribution >= 4 is 51.7 Å². The highest BCUT2D eigenvalue weighted by Crippen LogP contribution is 2.42. The molecule has 0 spiro atoms. The van der Waals surface area contributed by atoms with Crippen LogP contribution in [0.3, 0.4) is 0 Å². The molecule has 1 aromatic heterocycles. The number of amides is 1. The molecule has 0 aliphatic carbocycles. The lowest BCUT2D eigenvalue weighted by Crippen LogP contribution is -2.30. The Bertz CT molecular complexity index is 1590. The molecule has 0 bridgehead atoms. The zero-order valence-electron chi connectivity index (χ0n) is 21.2. The molecule has 3 aromatic carbocycles. The van der Waals surface area contributed by atoms with Crippen LogP contribution in [-0.2, 0) is 9.59 Å². The number of methoxy groups -OCH3 is 2. The van der Waals surface area contributed by atoms with Crippen LogP contribution in [0.5, 0.6) is 11.5 Å². The number of nitrogens with zero attached hydrogens (tertiary/aromatic N) is 3. The fourth-order valence-electron chi connectivity index (χ4n) is 4.50. The maximum atomic E-state index is 13.5. The first-order valence-corrected chi connectivity index (χ1v) is 12.1. The molecule has 0 saturated carbocycles. The summed E-state index contributed by atoms with van der Waals surface area (Å²) in [5, 5.41) is 11.7. The normalized spacial score (nSPS) is 16.8. The van der Waals surface area contributed by atoms with Gasteiger partial charge in [-0.3, -0.25) is 14.5 Å². The van der Waals surface area contributed by atoms with E-state index in [4.69, 9.17) is 21.1 Å². The lowest BCUT2D eigenvalue weighted by Gasteiger charge is -2.24. The number of aliphatic hydroxyl groups excluding tert-OH is 1. The van der Waals surface area contributed by atoms with Crippen LogP contribution in [0.1, 0.15) is 17.2 Å². The topological polar surface area (TPSA) is 108 Å². The van der Waals surface area contributed by atoms with Gasteiger partial charge in [0, 0.05) is 31.4 Å². The van der Waals surface area contributed by atoms with Gasteiger partial charge in [-0.25, -0.2) is 4.98 Å². The Balaban J connectivity index is 1.71. The molecule has 1 fully saturated rings. The maximum Gasteiger partial charge on any atom is 0.302 e. The van der Waals surface area contributed by atoms with E-state index in [9.17, 15) is 14.7 Å². The van der Waals surface area contributed by atoms with Gasteiger partial charge in [0.25, 0.3) is 5.78 Å². The minimum Gasteiger partial charge on any atom is -0.507 e. The van der Waals surface area contributed by atoms with Crippen molar-refractivity contribution in [2.24, 2.45) is 0 Å². The Kier molecular flexibility index (Phi) is 6.46. The molecule has 4 aromatic rings. The lowest BCUT2D eigenvalue weighted by molar-refractivity contribution is -0.132. The van der Waals surface area contributed by atoms with Crippen molar-refractivity contribution in [3.63, 3.8) is 0 Å². The highest BCUT2D eigenvalue weighted by Gasteiger charge is 2.48. The summed E-state index contributed by atoms with van der Waals surface area (Å²) in [5.41, 5.74) is 2.99. The number of imidazole rings is 1. The highest BCUT2D eigenvalue weighted by molar-refractivity contribution is 6.51. The van der Waals surface area contributed by atoms with Crippen LogP contribution in [0.4, 0.5) is 11.6 Å². The Morgan fingerprint density at radius 2 is 1.76 bits per heavy atom. The van der Waals surface area contributed by atoms with Crippen molar-refractivity contribution in [3.05, 3.63) is 82.4 Å². The van der Waals surface area contributed by atoms with Crippen molar-refractivity contribution in [1.29, 1.82) is 0 Å². The third kappa shape index (κ3) is 4.20. The van der Waals surface area contributed by atoms with Crippen molar-refractivity contribution < 1.29 is 24.2 Å². The number of aromatic nitrogens is 2. The number of ketones is 1. The third-order valence-electron chi connectivity index (χ3n) is 6.50. The second-order valence-electron chi connectivity index (χ2n) is 8.95. The van der Waals surface area contributed by atoms with E-state index in [-0.39, 0.29) is 22.8 Å². The summed E-state index contributed by atoms with van der Waals surface area (Å²) in [6, 6.07) is 16.4. The highest BCUT2D eigenvalue weighted by atomic mass is 35.5. The van der Waals surface area contributed by atoms with Gasteiger partial charge in [0.15, 0.2) is 0 Å². The average molecular weight is 533 g/mol. The van der Waals surface area contributed by atoms with Crippen molar-refractivity contribution in [2.45, 2.75) is 6.04 Å². The van der Waals surface area contributed by atoms with Gasteiger partial charge < -0.3 is 24.5 Å². The third-order valence-corrected chi connectivity index (χ3v) is 6.81. The molecule has 2 heterocycles. The zero-order valence-corrected chi connectivity index (χ0v) is 21.9. The predicted octanol–water partition coefficient (Wildman–Crippen LogP) is 4.93. The first-order chi connectivity index (χ1) is 18.2. The summed E-state index contributed by atoms with van der Waals surface area (Å²) in [7, 11) is 6.84. The molecule has 1 atom stereocenters. The lowest BCUT2D eigenvalue weighted by atomic mass is 9.95. The molecule has 2 N–H and O–H groups in total. The van der Waals surface area contributed by atoms with Gasteiger partial charge in [-0.1, -0.05) is 23.7 Å². The van der Waals surface area contributed by atoms with E-state index >= 15 is 0 Å². The number of hydrogen-bond donors (Lipinski definition) is 2. The first kappa shape index (κ1) is 25.2. The molecule has 1 unspecified atom stereocenters. The van der Waals surface area contributed by atoms with Crippen LogP contribution in [0, 0.1) is 0 Å². The van der Waals surface area contributed by atoms with Crippen LogP contribution < -0.4 is 19.3 Å². The van der Waals surface area contributed by atoms with Crippen LogP contribution in [-0.4, -0.2) is 55.1 Å². The summed E-state index contributed by atoms with van der Waals surface area (Å²) in [6.07, 6.45) is 0. The average Bonchev–Trinajstić information content (AvgIpc) is 3.46. The molecule has 1 saturated heterocycles. The monoisotopic (exact) mass is 532 g/mol. The van der Waals surface area contributed by atoms with E-state index in [1.165, 1.54) is 18.1 Å². The number of carbonyl (C=O) groups is 2. The molecule has 0 radical (unpaired) electrons. The molecular weight excluding hydrogens is 508 g/mol. The Labute approximate surface area is 223 Å². The van der Waals surface area contributed by atoms with Crippen molar-refractivity contribution in [3.8, 4) is 11.5 Å². The summed E-state index contributed by atoms with van der Waals surface area (Å²) in [6.45, 7) is 0. The summed E-state index contributed by atoms with van der Waals surface area (Å²) in [4.78, 5) is 37.9. The van der Waals surface area contributed by atoms with Gasteiger partial charge in [-0.2, -0.15) is 0 Å². The van der Waals surface area contributed by atoms with Crippen LogP contribution in [0.25, 0.3) is 16.8 Å². The Morgan fingerprint density at radius 1 is 1.03 bits per heavy atom. The largest absolute Gasteiger partial charge is 0.507 e. The zero-order chi connectivity index (χ0) is 27.1. The summed E-state index contributed by atoms with van der Waals surface area (Å²) >= 11 is 6.16. The number of rotatable bonds is 6. The number of hydrogen-bond acceptors (Lipinski definition) is 7. The molecule has 38 heavy (non-hydrogen) atoms. The van der Waals surface area contributed by atoms with Gasteiger partial charge in [-0.15, -0.1) is 0 Å². The number of carbonyl (C=O) groups excluding carboxylic acids is 2. The smallest absolute Gasteiger partial charge is 0.302 e. The minimum absolute atomic E-state index is 0.0741. The number of ether oxygens (including phenoxy) is 2. The van der Waals surface area contributed by atoms with E-state index in [0.717, 1.165) is 5.69 Å². The molecule has 10 heteroatoms. The van der Waals surface area contributed by atoms with Gasteiger partial charge in [0.2, 0.25) is 5.95 Å². The molecule has 1 aliphatic rings. The van der Waals surface area contributed by atoms with Gasteiger partial charge >= 0.3 is 5.91 Å². The SMILES string of the molecule is COc1ccc2nc(N3C(=O)C(=O)/C(=C(/O)c4ccc(Cl)c(OC)c4)C3c3ccc(N(C)C)cc3)[nH]c2c1. The quantitative estimate of drug-likeness (QED) is 0.206. The molecular formula is C28H25ClN4O5. The molecule has 1 aliphatic heterocycles. The minimum atomic E-state index is -0.949. The maximum absolute atomic E-state index is 13.5. The number of aromatic amines is 1. The Hall–Kier alpha value is -4.50. The first-order valence-electron chi connectivity index (χ1n) is 11.7. The van der Waals surface area contributed by atoms with Crippen LogP contribution in [0.15, 0.2) is 66.2 Å². The molecule has 194 valence electrons. The summed E-state index contributed by atoms with van der Waals surface area (Å²) in [5.74, 6) is -0.897. The summed E-state index contributed by atoms with van der Waals surface area (Å²) < 4.78 is 10.6. The number of benzene rings is 3. The van der Waals surface area contributed by atoms with Gasteiger partial charge in [0.05, 0.1) is 41.9 Å². The van der Waals surface area contributed by atoms with Crippen LogP contribution in [0.2, 0.25) is 5.02 Å². The van der Waals surface area contributed by atoms with E-state index in [1.807, 2.05) is 43.3 Å². The molecule has 5 rings (SSSR count). The van der Waals surface area contributed by atoms with E-state index < -0.39 is 17.7 Å². The molecule has 1 amide bonds. The number of H-pyrrole nitrogens is 1. The number of fused-ring (bicyclic) bond motifs is 1. The fraction of sp³-hybridized carbons (Fsp3) is 0.179. The van der Waals surface area contributed by atoms with Gasteiger partial charge in [0.1, 0.15) is 17.3 Å².